The van der Waals surface area contributed by atoms with E-state index in [2.05, 4.69) is 26.2 Å². The summed E-state index contributed by atoms with van der Waals surface area (Å²) in [6.07, 6.45) is 0. The van der Waals surface area contributed by atoms with Crippen molar-refractivity contribution in [3.8, 4) is 11.3 Å². The van der Waals surface area contributed by atoms with Crippen LogP contribution in [0.2, 0.25) is 0 Å². The van der Waals surface area contributed by atoms with Crippen molar-refractivity contribution in [3.05, 3.63) is 93.0 Å². The van der Waals surface area contributed by atoms with Gasteiger partial charge in [-0.1, -0.05) is 40.2 Å². The minimum Gasteiger partial charge on any atom is -0.459 e. The number of thioether (sulfide) groups is 1. The molecular weight excluding hydrogens is 468 g/mol. The van der Waals surface area contributed by atoms with Crippen molar-refractivity contribution in [1.82, 2.24) is 10.3 Å². The number of nitrogens with one attached hydrogen (secondary N) is 1. The van der Waals surface area contributed by atoms with Crippen molar-refractivity contribution < 1.29 is 9.21 Å². The number of furan rings is 1. The molecule has 0 aliphatic rings. The Kier molecular flexibility index (Phi) is 6.49. The zero-order chi connectivity index (χ0) is 20.1. The minimum absolute atomic E-state index is 0.118. The van der Waals surface area contributed by atoms with Crippen LogP contribution in [0.25, 0.3) is 11.3 Å². The second kappa shape index (κ2) is 9.43. The fourth-order valence-electron chi connectivity index (χ4n) is 2.75. The quantitative estimate of drug-likeness (QED) is 0.308. The van der Waals surface area contributed by atoms with Gasteiger partial charge in [-0.3, -0.25) is 4.79 Å². The van der Waals surface area contributed by atoms with E-state index in [1.54, 1.807) is 23.1 Å². The molecule has 1 amide bonds. The summed E-state index contributed by atoms with van der Waals surface area (Å²) < 4.78 is 6.90. The number of carbonyl (C=O) groups is 1. The second-order valence-electron chi connectivity index (χ2n) is 6.22. The second-order valence-corrected chi connectivity index (χ2v) is 8.87. The Morgan fingerprint density at radius 2 is 1.93 bits per heavy atom. The molecule has 0 fully saturated rings. The standard InChI is InChI=1S/C22H17BrN2O2S2/c23-16-7-5-15(6-8-16)20-10-9-18(27-20)11-24-22(26)19-3-1-2-4-21(19)29-13-17-12-28-14-25-17/h1-10,12,14H,11,13H2,(H,24,26). The number of rotatable bonds is 7. The fraction of sp³-hybridized carbons (Fsp3) is 0.0909. The average molecular weight is 485 g/mol. The van der Waals surface area contributed by atoms with Crippen molar-refractivity contribution >= 4 is 44.9 Å². The smallest absolute Gasteiger partial charge is 0.252 e. The lowest BCUT2D eigenvalue weighted by Crippen LogP contribution is -2.23. The topological polar surface area (TPSA) is 55.1 Å². The molecule has 29 heavy (non-hydrogen) atoms. The summed E-state index contributed by atoms with van der Waals surface area (Å²) in [6, 6.07) is 19.3. The lowest BCUT2D eigenvalue weighted by molar-refractivity contribution is 0.0945. The maximum atomic E-state index is 12.7. The molecule has 2 heterocycles. The van der Waals surface area contributed by atoms with Gasteiger partial charge in [-0.2, -0.15) is 0 Å². The van der Waals surface area contributed by atoms with Crippen molar-refractivity contribution in [2.45, 2.75) is 17.2 Å². The molecule has 4 rings (SSSR count). The van der Waals surface area contributed by atoms with E-state index in [0.717, 1.165) is 32.1 Å². The molecule has 4 aromatic rings. The minimum atomic E-state index is -0.118. The lowest BCUT2D eigenvalue weighted by Gasteiger charge is -2.09. The van der Waals surface area contributed by atoms with Crippen LogP contribution in [0, 0.1) is 0 Å². The summed E-state index contributed by atoms with van der Waals surface area (Å²) in [5.41, 5.74) is 4.49. The van der Waals surface area contributed by atoms with E-state index in [0.29, 0.717) is 17.9 Å². The van der Waals surface area contributed by atoms with Gasteiger partial charge in [0.05, 0.1) is 23.3 Å². The Balaban J connectivity index is 1.39. The number of aromatic nitrogens is 1. The summed E-state index contributed by atoms with van der Waals surface area (Å²) >= 11 is 6.62. The molecule has 0 bridgehead atoms. The fourth-order valence-corrected chi connectivity index (χ4v) is 4.63. The molecule has 7 heteroatoms. The highest BCUT2D eigenvalue weighted by molar-refractivity contribution is 9.10. The van der Waals surface area contributed by atoms with Gasteiger partial charge in [0.15, 0.2) is 0 Å². The molecule has 2 aromatic carbocycles. The predicted molar refractivity (Wildman–Crippen MR) is 121 cm³/mol. The first kappa shape index (κ1) is 19.9. The maximum absolute atomic E-state index is 12.7. The molecule has 4 nitrogen and oxygen atoms in total. The van der Waals surface area contributed by atoms with Crippen LogP contribution in [0.15, 0.2) is 85.3 Å². The van der Waals surface area contributed by atoms with Gasteiger partial charge in [0, 0.05) is 26.1 Å². The van der Waals surface area contributed by atoms with Gasteiger partial charge < -0.3 is 9.73 Å². The molecule has 2 aromatic heterocycles. The molecule has 0 atom stereocenters. The van der Waals surface area contributed by atoms with Gasteiger partial charge in [-0.25, -0.2) is 4.98 Å². The summed E-state index contributed by atoms with van der Waals surface area (Å²) in [5, 5.41) is 4.98. The normalized spacial score (nSPS) is 10.8. The Morgan fingerprint density at radius 3 is 2.72 bits per heavy atom. The third kappa shape index (κ3) is 5.18. The number of halogens is 1. The highest BCUT2D eigenvalue weighted by atomic mass is 79.9. The number of nitrogens with zero attached hydrogens (tertiary/aromatic N) is 1. The van der Waals surface area contributed by atoms with Crippen LogP contribution >= 0.6 is 39.0 Å². The largest absolute Gasteiger partial charge is 0.459 e. The van der Waals surface area contributed by atoms with Crippen molar-refractivity contribution in [3.63, 3.8) is 0 Å². The molecule has 146 valence electrons. The van der Waals surface area contributed by atoms with E-state index in [1.165, 1.54) is 0 Å². The van der Waals surface area contributed by atoms with Gasteiger partial charge in [0.1, 0.15) is 11.5 Å². The van der Waals surface area contributed by atoms with Crippen LogP contribution in [-0.2, 0) is 12.3 Å². The molecule has 1 N–H and O–H groups in total. The van der Waals surface area contributed by atoms with Crippen molar-refractivity contribution in [2.75, 3.05) is 0 Å². The van der Waals surface area contributed by atoms with Gasteiger partial charge >= 0.3 is 0 Å². The Hall–Kier alpha value is -2.35. The lowest BCUT2D eigenvalue weighted by atomic mass is 10.2. The first-order valence-corrected chi connectivity index (χ1v) is 11.6. The van der Waals surface area contributed by atoms with Crippen LogP contribution in [0.5, 0.6) is 0 Å². The molecule has 0 saturated carbocycles. The first-order chi connectivity index (χ1) is 14.2. The summed E-state index contributed by atoms with van der Waals surface area (Å²) in [4.78, 5) is 18.0. The van der Waals surface area contributed by atoms with Crippen molar-refractivity contribution in [2.24, 2.45) is 0 Å². The molecular formula is C22H17BrN2O2S2. The van der Waals surface area contributed by atoms with Crippen LogP contribution in [0.3, 0.4) is 0 Å². The monoisotopic (exact) mass is 484 g/mol. The molecule has 0 aliphatic heterocycles. The molecule has 0 radical (unpaired) electrons. The van der Waals surface area contributed by atoms with E-state index >= 15 is 0 Å². The highest BCUT2D eigenvalue weighted by Gasteiger charge is 2.13. The van der Waals surface area contributed by atoms with Gasteiger partial charge in [0.2, 0.25) is 0 Å². The van der Waals surface area contributed by atoms with E-state index in [4.69, 9.17) is 4.42 Å². The maximum Gasteiger partial charge on any atom is 0.252 e. The molecule has 0 saturated heterocycles. The van der Waals surface area contributed by atoms with Gasteiger partial charge in [-0.05, 0) is 36.4 Å². The highest BCUT2D eigenvalue weighted by Crippen LogP contribution is 2.27. The van der Waals surface area contributed by atoms with Crippen LogP contribution < -0.4 is 5.32 Å². The first-order valence-electron chi connectivity index (χ1n) is 8.91. The predicted octanol–water partition coefficient (Wildman–Crippen LogP) is 6.39. The number of carbonyl (C=O) groups excluding carboxylic acids is 1. The van der Waals surface area contributed by atoms with E-state index in [1.807, 2.05) is 71.6 Å². The SMILES string of the molecule is O=C(NCc1ccc(-c2ccc(Br)cc2)o1)c1ccccc1SCc1cscn1. The number of hydrogen-bond acceptors (Lipinski definition) is 5. The summed E-state index contributed by atoms with van der Waals surface area (Å²) in [6.45, 7) is 0.334. The van der Waals surface area contributed by atoms with Crippen LogP contribution in [-0.4, -0.2) is 10.9 Å². The summed E-state index contributed by atoms with van der Waals surface area (Å²) in [7, 11) is 0. The number of benzene rings is 2. The molecule has 0 aliphatic carbocycles. The number of thiazole rings is 1. The van der Waals surface area contributed by atoms with E-state index in [-0.39, 0.29) is 5.91 Å². The summed E-state index contributed by atoms with van der Waals surface area (Å²) in [5.74, 6) is 2.11. The van der Waals surface area contributed by atoms with Gasteiger partial charge in [0.25, 0.3) is 5.91 Å². The van der Waals surface area contributed by atoms with Gasteiger partial charge in [-0.15, -0.1) is 23.1 Å². The van der Waals surface area contributed by atoms with E-state index in [9.17, 15) is 4.79 Å². The number of hydrogen-bond donors (Lipinski definition) is 1. The Labute approximate surface area is 185 Å². The third-order valence-corrected chi connectivity index (χ3v) is 6.48. The van der Waals surface area contributed by atoms with E-state index < -0.39 is 0 Å². The molecule has 0 unspecified atom stereocenters. The molecule has 0 spiro atoms. The van der Waals surface area contributed by atoms with Crippen LogP contribution in [0.1, 0.15) is 21.8 Å². The van der Waals surface area contributed by atoms with Crippen LogP contribution in [0.4, 0.5) is 0 Å². The van der Waals surface area contributed by atoms with Crippen molar-refractivity contribution in [1.29, 1.82) is 0 Å². The third-order valence-electron chi connectivity index (χ3n) is 4.20. The number of amides is 1. The Morgan fingerprint density at radius 1 is 1.10 bits per heavy atom. The average Bonchev–Trinajstić information content (AvgIpc) is 3.43. The zero-order valence-corrected chi connectivity index (χ0v) is 18.5. The zero-order valence-electron chi connectivity index (χ0n) is 15.3. The Bertz CT molecular complexity index is 1090.